The first-order chi connectivity index (χ1) is 8.10. The van der Waals surface area contributed by atoms with Gasteiger partial charge in [-0.15, -0.1) is 0 Å². The highest BCUT2D eigenvalue weighted by Gasteiger charge is 2.14. The van der Waals surface area contributed by atoms with Crippen molar-refractivity contribution in [3.63, 3.8) is 0 Å². The third-order valence-corrected chi connectivity index (χ3v) is 3.02. The minimum atomic E-state index is 0.0833. The van der Waals surface area contributed by atoms with E-state index in [1.807, 2.05) is 13.0 Å². The van der Waals surface area contributed by atoms with E-state index < -0.39 is 0 Å². The van der Waals surface area contributed by atoms with Crippen LogP contribution in [0.4, 0.5) is 5.82 Å². The van der Waals surface area contributed by atoms with E-state index in [1.54, 1.807) is 6.20 Å². The molecule has 1 aromatic rings. The minimum Gasteiger partial charge on any atom is -0.383 e. The molecule has 17 heavy (non-hydrogen) atoms. The Morgan fingerprint density at radius 3 is 2.59 bits per heavy atom. The number of hydrogen-bond acceptors (Lipinski definition) is 4. The molecular formula is C13H21N3O. The SMILES string of the molecule is CCN(CC)CCC(=O)c1c(C)ccnc1N. The second-order valence-electron chi connectivity index (χ2n) is 4.09. The number of anilines is 1. The van der Waals surface area contributed by atoms with Crippen molar-refractivity contribution in [2.75, 3.05) is 25.4 Å². The van der Waals surface area contributed by atoms with Crippen LogP contribution in [0.25, 0.3) is 0 Å². The van der Waals surface area contributed by atoms with Crippen molar-refractivity contribution in [3.05, 3.63) is 23.4 Å². The number of nitrogens with two attached hydrogens (primary N) is 1. The summed E-state index contributed by atoms with van der Waals surface area (Å²) in [5.41, 5.74) is 7.24. The van der Waals surface area contributed by atoms with E-state index in [4.69, 9.17) is 5.73 Å². The van der Waals surface area contributed by atoms with Gasteiger partial charge in [0.1, 0.15) is 5.82 Å². The molecule has 0 aromatic carbocycles. The molecule has 0 saturated carbocycles. The lowest BCUT2D eigenvalue weighted by molar-refractivity contribution is 0.0966. The van der Waals surface area contributed by atoms with Gasteiger partial charge in [-0.05, 0) is 31.6 Å². The van der Waals surface area contributed by atoms with Gasteiger partial charge in [0.25, 0.3) is 0 Å². The number of ketones is 1. The predicted molar refractivity (Wildman–Crippen MR) is 70.1 cm³/mol. The molecule has 0 bridgehead atoms. The number of pyridine rings is 1. The van der Waals surface area contributed by atoms with E-state index in [-0.39, 0.29) is 5.78 Å². The van der Waals surface area contributed by atoms with Crippen molar-refractivity contribution in [3.8, 4) is 0 Å². The lowest BCUT2D eigenvalue weighted by Gasteiger charge is -2.17. The van der Waals surface area contributed by atoms with Crippen LogP contribution in [0, 0.1) is 6.92 Å². The van der Waals surface area contributed by atoms with Gasteiger partial charge in [0.2, 0.25) is 0 Å². The van der Waals surface area contributed by atoms with Crippen LogP contribution in [0.1, 0.15) is 36.2 Å². The Morgan fingerprint density at radius 2 is 2.06 bits per heavy atom. The first-order valence-corrected chi connectivity index (χ1v) is 6.06. The van der Waals surface area contributed by atoms with Crippen molar-refractivity contribution in [2.24, 2.45) is 0 Å². The number of rotatable bonds is 6. The Kier molecular flexibility index (Phi) is 5.10. The average Bonchev–Trinajstić information content (AvgIpc) is 2.30. The quantitative estimate of drug-likeness (QED) is 0.765. The van der Waals surface area contributed by atoms with E-state index in [1.165, 1.54) is 0 Å². The number of carbonyl (C=O) groups is 1. The third kappa shape index (κ3) is 3.53. The molecular weight excluding hydrogens is 214 g/mol. The predicted octanol–water partition coefficient (Wildman–Crippen LogP) is 1.89. The molecule has 0 aliphatic rings. The molecule has 1 heterocycles. The van der Waals surface area contributed by atoms with Gasteiger partial charge >= 0.3 is 0 Å². The Balaban J connectivity index is 2.70. The van der Waals surface area contributed by atoms with Gasteiger partial charge in [-0.2, -0.15) is 0 Å². The number of nitrogens with zero attached hydrogens (tertiary/aromatic N) is 2. The van der Waals surface area contributed by atoms with Crippen LogP contribution in [0.2, 0.25) is 0 Å². The Labute approximate surface area is 103 Å². The van der Waals surface area contributed by atoms with Gasteiger partial charge in [-0.3, -0.25) is 4.79 Å². The van der Waals surface area contributed by atoms with Gasteiger partial charge < -0.3 is 10.6 Å². The highest BCUT2D eigenvalue weighted by Crippen LogP contribution is 2.15. The van der Waals surface area contributed by atoms with Gasteiger partial charge in [0.05, 0.1) is 5.56 Å². The monoisotopic (exact) mass is 235 g/mol. The topological polar surface area (TPSA) is 59.2 Å². The van der Waals surface area contributed by atoms with Crippen molar-refractivity contribution < 1.29 is 4.79 Å². The number of Topliss-reactive ketones (excluding diaryl/α,β-unsaturated/α-hetero) is 1. The molecule has 0 amide bonds. The van der Waals surface area contributed by atoms with Crippen LogP contribution in [0.15, 0.2) is 12.3 Å². The van der Waals surface area contributed by atoms with E-state index in [0.29, 0.717) is 17.8 Å². The summed E-state index contributed by atoms with van der Waals surface area (Å²) in [6.07, 6.45) is 2.13. The zero-order chi connectivity index (χ0) is 12.8. The van der Waals surface area contributed by atoms with E-state index in [2.05, 4.69) is 23.7 Å². The number of carbonyl (C=O) groups excluding carboxylic acids is 1. The fraction of sp³-hybridized carbons (Fsp3) is 0.538. The molecule has 94 valence electrons. The van der Waals surface area contributed by atoms with Crippen molar-refractivity contribution in [2.45, 2.75) is 27.2 Å². The first-order valence-electron chi connectivity index (χ1n) is 6.06. The zero-order valence-corrected chi connectivity index (χ0v) is 10.9. The number of aromatic nitrogens is 1. The maximum Gasteiger partial charge on any atom is 0.168 e. The molecule has 0 fully saturated rings. The zero-order valence-electron chi connectivity index (χ0n) is 10.9. The molecule has 0 unspecified atom stereocenters. The minimum absolute atomic E-state index is 0.0833. The van der Waals surface area contributed by atoms with Crippen LogP contribution in [-0.4, -0.2) is 35.3 Å². The Hall–Kier alpha value is -1.42. The Bertz CT molecular complexity index is 366. The van der Waals surface area contributed by atoms with Crippen molar-refractivity contribution >= 4 is 11.6 Å². The second-order valence-corrected chi connectivity index (χ2v) is 4.09. The number of hydrogen-bond donors (Lipinski definition) is 1. The Morgan fingerprint density at radius 1 is 1.41 bits per heavy atom. The lowest BCUT2D eigenvalue weighted by Crippen LogP contribution is -2.26. The van der Waals surface area contributed by atoms with Gasteiger partial charge in [0.15, 0.2) is 5.78 Å². The van der Waals surface area contributed by atoms with E-state index in [0.717, 1.165) is 25.2 Å². The maximum absolute atomic E-state index is 12.1. The molecule has 4 nitrogen and oxygen atoms in total. The normalized spacial score (nSPS) is 10.8. The van der Waals surface area contributed by atoms with Crippen molar-refractivity contribution in [1.82, 2.24) is 9.88 Å². The summed E-state index contributed by atoms with van der Waals surface area (Å²) < 4.78 is 0. The maximum atomic E-state index is 12.1. The average molecular weight is 235 g/mol. The largest absolute Gasteiger partial charge is 0.383 e. The highest BCUT2D eigenvalue weighted by atomic mass is 16.1. The molecule has 2 N–H and O–H groups in total. The molecule has 0 radical (unpaired) electrons. The molecule has 1 rings (SSSR count). The number of aryl methyl sites for hydroxylation is 1. The summed E-state index contributed by atoms with van der Waals surface area (Å²) in [6, 6.07) is 1.82. The third-order valence-electron chi connectivity index (χ3n) is 3.02. The van der Waals surface area contributed by atoms with Gasteiger partial charge in [-0.25, -0.2) is 4.98 Å². The molecule has 0 aliphatic heterocycles. The fourth-order valence-corrected chi connectivity index (χ4v) is 1.87. The molecule has 4 heteroatoms. The summed E-state index contributed by atoms with van der Waals surface area (Å²) in [5, 5.41) is 0. The van der Waals surface area contributed by atoms with Crippen LogP contribution < -0.4 is 5.73 Å². The van der Waals surface area contributed by atoms with Gasteiger partial charge in [0, 0.05) is 19.2 Å². The number of nitrogen functional groups attached to an aromatic ring is 1. The first kappa shape index (κ1) is 13.6. The molecule has 0 spiro atoms. The van der Waals surface area contributed by atoms with E-state index in [9.17, 15) is 4.79 Å². The van der Waals surface area contributed by atoms with Gasteiger partial charge in [-0.1, -0.05) is 13.8 Å². The van der Waals surface area contributed by atoms with Crippen LogP contribution >= 0.6 is 0 Å². The summed E-state index contributed by atoms with van der Waals surface area (Å²) >= 11 is 0. The lowest BCUT2D eigenvalue weighted by atomic mass is 10.0. The van der Waals surface area contributed by atoms with Crippen LogP contribution in [0.5, 0.6) is 0 Å². The summed E-state index contributed by atoms with van der Waals surface area (Å²) in [4.78, 5) is 18.3. The smallest absolute Gasteiger partial charge is 0.168 e. The van der Waals surface area contributed by atoms with Crippen LogP contribution in [-0.2, 0) is 0 Å². The summed E-state index contributed by atoms with van der Waals surface area (Å²) in [6.45, 7) is 8.79. The standard InChI is InChI=1S/C13H21N3O/c1-4-16(5-2)9-7-11(17)12-10(3)6-8-15-13(12)14/h6,8H,4-5,7,9H2,1-3H3,(H2,14,15). The fourth-order valence-electron chi connectivity index (χ4n) is 1.87. The molecule has 0 atom stereocenters. The summed E-state index contributed by atoms with van der Waals surface area (Å²) in [7, 11) is 0. The molecule has 0 saturated heterocycles. The molecule has 0 aliphatic carbocycles. The molecule has 1 aromatic heterocycles. The van der Waals surface area contributed by atoms with Crippen molar-refractivity contribution in [1.29, 1.82) is 0 Å². The van der Waals surface area contributed by atoms with E-state index >= 15 is 0 Å². The highest BCUT2D eigenvalue weighted by molar-refractivity contribution is 6.01. The van der Waals surface area contributed by atoms with Crippen LogP contribution in [0.3, 0.4) is 0 Å². The summed E-state index contributed by atoms with van der Waals surface area (Å²) in [5.74, 6) is 0.426. The second kappa shape index (κ2) is 6.35.